The van der Waals surface area contributed by atoms with Gasteiger partial charge in [-0.05, 0) is 24.6 Å². The van der Waals surface area contributed by atoms with Crippen molar-refractivity contribution in [2.24, 2.45) is 0 Å². The predicted molar refractivity (Wildman–Crippen MR) is 71.6 cm³/mol. The van der Waals surface area contributed by atoms with Crippen molar-refractivity contribution in [3.05, 3.63) is 28.4 Å². The number of aryl methyl sites for hydroxylation is 1. The molecule has 0 aliphatic heterocycles. The smallest absolute Gasteiger partial charge is 0.339 e. The Kier molecular flexibility index (Phi) is 3.48. The summed E-state index contributed by atoms with van der Waals surface area (Å²) in [6.07, 6.45) is 0. The van der Waals surface area contributed by atoms with Crippen LogP contribution in [-0.2, 0) is 0 Å². The van der Waals surface area contributed by atoms with Crippen molar-refractivity contribution in [1.82, 2.24) is 4.98 Å². The van der Waals surface area contributed by atoms with Gasteiger partial charge in [0.1, 0.15) is 27.7 Å². The molecule has 0 radical (unpaired) electrons. The lowest BCUT2D eigenvalue weighted by molar-refractivity contribution is 0.0696. The number of rotatable bonds is 3. The number of hydrogen-bond donors (Lipinski definition) is 1. The SMILES string of the molecule is COc1ccc(OC)c2c(C)c(C(=O)O)c(Cl)nc12. The van der Waals surface area contributed by atoms with Crippen LogP contribution in [0.1, 0.15) is 15.9 Å². The number of benzene rings is 1. The fraction of sp³-hybridized carbons (Fsp3) is 0.231. The van der Waals surface area contributed by atoms with E-state index in [1.54, 1.807) is 19.1 Å². The summed E-state index contributed by atoms with van der Waals surface area (Å²) in [7, 11) is 3.02. The minimum absolute atomic E-state index is 0.0271. The standard InChI is InChI=1S/C13H12ClNO4/c1-6-9-7(18-2)4-5-8(19-3)11(9)15-12(14)10(6)13(16)17/h4-5H,1-3H3,(H,16,17). The van der Waals surface area contributed by atoms with Crippen LogP contribution in [0.25, 0.3) is 10.9 Å². The molecule has 19 heavy (non-hydrogen) atoms. The third kappa shape index (κ3) is 2.06. The Morgan fingerprint density at radius 1 is 1.26 bits per heavy atom. The quantitative estimate of drug-likeness (QED) is 0.876. The summed E-state index contributed by atoms with van der Waals surface area (Å²) < 4.78 is 10.5. The summed E-state index contributed by atoms with van der Waals surface area (Å²) in [5, 5.41) is 9.72. The first-order valence-electron chi connectivity index (χ1n) is 5.45. The highest BCUT2D eigenvalue weighted by Crippen LogP contribution is 2.37. The molecule has 0 fully saturated rings. The highest BCUT2D eigenvalue weighted by atomic mass is 35.5. The van der Waals surface area contributed by atoms with Crippen LogP contribution in [0, 0.1) is 6.92 Å². The van der Waals surface area contributed by atoms with Gasteiger partial charge in [-0.1, -0.05) is 11.6 Å². The average Bonchev–Trinajstić information content (AvgIpc) is 2.36. The van der Waals surface area contributed by atoms with Crippen LogP contribution < -0.4 is 9.47 Å². The molecule has 100 valence electrons. The first-order valence-corrected chi connectivity index (χ1v) is 5.83. The Morgan fingerprint density at radius 2 is 1.84 bits per heavy atom. The van der Waals surface area contributed by atoms with Gasteiger partial charge >= 0.3 is 5.97 Å². The first-order chi connectivity index (χ1) is 9.01. The van der Waals surface area contributed by atoms with E-state index in [2.05, 4.69) is 4.98 Å². The van der Waals surface area contributed by atoms with Crippen LogP contribution in [0.3, 0.4) is 0 Å². The number of carboxylic acids is 1. The molecule has 5 nitrogen and oxygen atoms in total. The molecule has 6 heteroatoms. The number of methoxy groups -OCH3 is 2. The highest BCUT2D eigenvalue weighted by Gasteiger charge is 2.21. The molecule has 0 amide bonds. The normalized spacial score (nSPS) is 10.5. The fourth-order valence-electron chi connectivity index (χ4n) is 2.04. The molecule has 0 atom stereocenters. The second-order valence-electron chi connectivity index (χ2n) is 3.90. The van der Waals surface area contributed by atoms with E-state index in [1.165, 1.54) is 14.2 Å². The zero-order valence-corrected chi connectivity index (χ0v) is 11.4. The number of ether oxygens (including phenoxy) is 2. The minimum atomic E-state index is -1.12. The van der Waals surface area contributed by atoms with E-state index in [1.807, 2.05) is 0 Å². The van der Waals surface area contributed by atoms with E-state index in [0.717, 1.165) is 0 Å². The third-order valence-corrected chi connectivity index (χ3v) is 3.20. The summed E-state index contributed by atoms with van der Waals surface area (Å²) in [5.74, 6) is -0.0838. The fourth-order valence-corrected chi connectivity index (χ4v) is 2.35. The van der Waals surface area contributed by atoms with Crippen molar-refractivity contribution in [3.8, 4) is 11.5 Å². The number of pyridine rings is 1. The van der Waals surface area contributed by atoms with Crippen molar-refractivity contribution >= 4 is 28.5 Å². The maximum atomic E-state index is 11.2. The number of fused-ring (bicyclic) bond motifs is 1. The average molecular weight is 282 g/mol. The Balaban J connectivity index is 2.98. The number of hydrogen-bond acceptors (Lipinski definition) is 4. The molecule has 1 heterocycles. The molecular formula is C13H12ClNO4. The van der Waals surface area contributed by atoms with Crippen LogP contribution in [-0.4, -0.2) is 30.3 Å². The van der Waals surface area contributed by atoms with E-state index in [-0.39, 0.29) is 10.7 Å². The van der Waals surface area contributed by atoms with Gasteiger partial charge in [-0.15, -0.1) is 0 Å². The molecular weight excluding hydrogens is 270 g/mol. The van der Waals surface area contributed by atoms with Crippen LogP contribution in [0.4, 0.5) is 0 Å². The summed E-state index contributed by atoms with van der Waals surface area (Å²) >= 11 is 5.94. The Bertz CT molecular complexity index is 669. The Labute approximate surface area is 114 Å². The van der Waals surface area contributed by atoms with E-state index >= 15 is 0 Å². The van der Waals surface area contributed by atoms with Crippen LogP contribution >= 0.6 is 11.6 Å². The Hall–Kier alpha value is -2.01. The molecule has 0 unspecified atom stereocenters. The maximum Gasteiger partial charge on any atom is 0.339 e. The summed E-state index contributed by atoms with van der Waals surface area (Å²) in [6, 6.07) is 3.40. The largest absolute Gasteiger partial charge is 0.496 e. The number of halogens is 1. The van der Waals surface area contributed by atoms with Gasteiger partial charge in [0.05, 0.1) is 14.2 Å². The minimum Gasteiger partial charge on any atom is -0.496 e. The van der Waals surface area contributed by atoms with Crippen LogP contribution in [0.5, 0.6) is 11.5 Å². The molecule has 2 aromatic rings. The van der Waals surface area contributed by atoms with Gasteiger partial charge in [0.25, 0.3) is 0 Å². The van der Waals surface area contributed by atoms with E-state index < -0.39 is 5.97 Å². The first kappa shape index (κ1) is 13.4. The van der Waals surface area contributed by atoms with Gasteiger partial charge in [-0.2, -0.15) is 0 Å². The number of aromatic nitrogens is 1. The lowest BCUT2D eigenvalue weighted by atomic mass is 10.0. The second kappa shape index (κ2) is 4.93. The summed E-state index contributed by atoms with van der Waals surface area (Å²) in [6.45, 7) is 1.67. The molecule has 2 rings (SSSR count). The lowest BCUT2D eigenvalue weighted by Gasteiger charge is -2.13. The molecule has 0 saturated carbocycles. The number of carbonyl (C=O) groups is 1. The van der Waals surface area contributed by atoms with Gasteiger partial charge in [-0.25, -0.2) is 9.78 Å². The Morgan fingerprint density at radius 3 is 2.37 bits per heavy atom. The van der Waals surface area contributed by atoms with Gasteiger partial charge in [-0.3, -0.25) is 0 Å². The topological polar surface area (TPSA) is 68.7 Å². The van der Waals surface area contributed by atoms with Crippen molar-refractivity contribution in [1.29, 1.82) is 0 Å². The van der Waals surface area contributed by atoms with Crippen molar-refractivity contribution in [3.63, 3.8) is 0 Å². The van der Waals surface area contributed by atoms with Crippen LogP contribution in [0.2, 0.25) is 5.15 Å². The predicted octanol–water partition coefficient (Wildman–Crippen LogP) is 2.91. The zero-order valence-electron chi connectivity index (χ0n) is 10.7. The highest BCUT2D eigenvalue weighted by molar-refractivity contribution is 6.33. The van der Waals surface area contributed by atoms with Crippen LogP contribution in [0.15, 0.2) is 12.1 Å². The van der Waals surface area contributed by atoms with Gasteiger partial charge < -0.3 is 14.6 Å². The summed E-state index contributed by atoms with van der Waals surface area (Å²) in [5.41, 5.74) is 0.952. The lowest BCUT2D eigenvalue weighted by Crippen LogP contribution is -2.05. The molecule has 0 aliphatic rings. The number of carboxylic acid groups (broad SMARTS) is 1. The molecule has 1 aromatic carbocycles. The molecule has 1 N–H and O–H groups in total. The molecule has 0 bridgehead atoms. The van der Waals surface area contributed by atoms with Gasteiger partial charge in [0, 0.05) is 5.39 Å². The van der Waals surface area contributed by atoms with E-state index in [4.69, 9.17) is 21.1 Å². The van der Waals surface area contributed by atoms with E-state index in [9.17, 15) is 9.90 Å². The number of aromatic carboxylic acids is 1. The molecule has 1 aromatic heterocycles. The third-order valence-electron chi connectivity index (χ3n) is 2.92. The van der Waals surface area contributed by atoms with Gasteiger partial charge in [0.15, 0.2) is 0 Å². The van der Waals surface area contributed by atoms with Crippen molar-refractivity contribution in [2.75, 3.05) is 14.2 Å². The van der Waals surface area contributed by atoms with Gasteiger partial charge in [0.2, 0.25) is 0 Å². The number of nitrogens with zero attached hydrogens (tertiary/aromatic N) is 1. The monoisotopic (exact) mass is 281 g/mol. The van der Waals surface area contributed by atoms with Crippen molar-refractivity contribution in [2.45, 2.75) is 6.92 Å². The molecule has 0 spiro atoms. The van der Waals surface area contributed by atoms with E-state index in [0.29, 0.717) is 28.0 Å². The summed E-state index contributed by atoms with van der Waals surface area (Å²) in [4.78, 5) is 15.4. The van der Waals surface area contributed by atoms with Crippen molar-refractivity contribution < 1.29 is 19.4 Å². The molecule has 0 aliphatic carbocycles. The zero-order chi connectivity index (χ0) is 14.2. The maximum absolute atomic E-state index is 11.2. The molecule has 0 saturated heterocycles. The second-order valence-corrected chi connectivity index (χ2v) is 4.26.